The highest BCUT2D eigenvalue weighted by Crippen LogP contribution is 2.24. The molecule has 0 spiro atoms. The molecule has 0 aliphatic rings. The number of H-pyrrole nitrogens is 1. The number of nitriles is 1. The number of aromatic amines is 1. The number of fused-ring (bicyclic) bond motifs is 1. The van der Waals surface area contributed by atoms with Gasteiger partial charge in [-0.2, -0.15) is 5.26 Å². The predicted molar refractivity (Wildman–Crippen MR) is 73.4 cm³/mol. The third-order valence-corrected chi connectivity index (χ3v) is 2.84. The third kappa shape index (κ3) is 2.05. The molecule has 3 nitrogen and oxygen atoms in total. The molecule has 0 fully saturated rings. The van der Waals surface area contributed by atoms with Crippen LogP contribution in [0, 0.1) is 18.3 Å². The maximum Gasteiger partial charge on any atom is 0.114 e. The summed E-state index contributed by atoms with van der Waals surface area (Å²) in [7, 11) is 0. The molecule has 0 saturated carbocycles. The summed E-state index contributed by atoms with van der Waals surface area (Å²) in [4.78, 5) is 3.38. The van der Waals surface area contributed by atoms with Crippen LogP contribution in [0.1, 0.15) is 11.3 Å². The molecule has 1 aromatic carbocycles. The predicted octanol–water partition coefficient (Wildman–Crippen LogP) is 2.67. The summed E-state index contributed by atoms with van der Waals surface area (Å²) in [6.45, 7) is 1.96. The van der Waals surface area contributed by atoms with Crippen LogP contribution in [0.5, 0.6) is 0 Å². The molecular weight excluding hydrogens is 230 g/mol. The Morgan fingerprint density at radius 3 is 2.82 bits per heavy atom. The van der Waals surface area contributed by atoms with Gasteiger partial charge >= 0.3 is 0 Å². The van der Waals surface area contributed by atoms with E-state index in [-0.39, 0.29) is 4.99 Å². The van der Waals surface area contributed by atoms with Gasteiger partial charge in [0.15, 0.2) is 0 Å². The van der Waals surface area contributed by atoms with Crippen molar-refractivity contribution in [3.63, 3.8) is 0 Å². The average molecular weight is 241 g/mol. The van der Waals surface area contributed by atoms with Crippen LogP contribution >= 0.6 is 12.2 Å². The van der Waals surface area contributed by atoms with Crippen LogP contribution in [-0.4, -0.2) is 9.97 Å². The molecule has 2 aromatic rings. The van der Waals surface area contributed by atoms with Crippen LogP contribution in [0.15, 0.2) is 29.8 Å². The SMILES string of the molecule is Cc1[nH]c2ccccc2c1/C=C(\C#N)C(N)=S. The van der Waals surface area contributed by atoms with Gasteiger partial charge in [0, 0.05) is 22.2 Å². The van der Waals surface area contributed by atoms with E-state index in [1.807, 2.05) is 37.3 Å². The van der Waals surface area contributed by atoms with E-state index >= 15 is 0 Å². The minimum absolute atomic E-state index is 0.122. The summed E-state index contributed by atoms with van der Waals surface area (Å²) in [5, 5.41) is 10.0. The monoisotopic (exact) mass is 241 g/mol. The minimum Gasteiger partial charge on any atom is -0.389 e. The second-order valence-corrected chi connectivity index (χ2v) is 4.18. The molecule has 1 heterocycles. The highest BCUT2D eigenvalue weighted by molar-refractivity contribution is 7.80. The molecule has 1 aromatic heterocycles. The molecule has 84 valence electrons. The summed E-state index contributed by atoms with van der Waals surface area (Å²) < 4.78 is 0. The highest BCUT2D eigenvalue weighted by Gasteiger charge is 2.07. The lowest BCUT2D eigenvalue weighted by Crippen LogP contribution is -2.09. The molecule has 0 bridgehead atoms. The molecule has 0 aliphatic carbocycles. The Hall–Kier alpha value is -2.12. The van der Waals surface area contributed by atoms with E-state index in [2.05, 4.69) is 4.98 Å². The number of benzene rings is 1. The highest BCUT2D eigenvalue weighted by atomic mass is 32.1. The normalized spacial score (nSPS) is 11.4. The van der Waals surface area contributed by atoms with Crippen molar-refractivity contribution in [2.45, 2.75) is 6.92 Å². The first-order valence-electron chi connectivity index (χ1n) is 5.12. The van der Waals surface area contributed by atoms with Crippen molar-refractivity contribution in [2.24, 2.45) is 5.73 Å². The molecule has 4 heteroatoms. The van der Waals surface area contributed by atoms with Gasteiger partial charge in [-0.3, -0.25) is 0 Å². The van der Waals surface area contributed by atoms with Gasteiger partial charge in [0.1, 0.15) is 11.1 Å². The number of thiocarbonyl (C=S) groups is 1. The van der Waals surface area contributed by atoms with E-state index in [0.717, 1.165) is 22.2 Å². The summed E-state index contributed by atoms with van der Waals surface area (Å²) in [6.07, 6.45) is 1.73. The lowest BCUT2D eigenvalue weighted by Gasteiger charge is -1.96. The number of hydrogen-bond donors (Lipinski definition) is 2. The number of aryl methyl sites for hydroxylation is 1. The Morgan fingerprint density at radius 2 is 2.18 bits per heavy atom. The van der Waals surface area contributed by atoms with Crippen molar-refractivity contribution in [3.8, 4) is 6.07 Å². The van der Waals surface area contributed by atoms with Crippen molar-refractivity contribution in [3.05, 3.63) is 41.1 Å². The fourth-order valence-corrected chi connectivity index (χ4v) is 1.89. The number of aromatic nitrogens is 1. The number of nitrogens with one attached hydrogen (secondary N) is 1. The molecule has 3 N–H and O–H groups in total. The molecule has 0 saturated heterocycles. The maximum atomic E-state index is 8.96. The van der Waals surface area contributed by atoms with E-state index in [4.69, 9.17) is 23.2 Å². The van der Waals surface area contributed by atoms with Crippen LogP contribution in [0.25, 0.3) is 17.0 Å². The minimum atomic E-state index is 0.122. The molecule has 0 unspecified atom stereocenters. The van der Waals surface area contributed by atoms with E-state index in [1.165, 1.54) is 0 Å². The first kappa shape index (κ1) is 11.4. The molecular formula is C13H11N3S. The van der Waals surface area contributed by atoms with Gasteiger partial charge in [0.2, 0.25) is 0 Å². The zero-order chi connectivity index (χ0) is 12.4. The first-order valence-corrected chi connectivity index (χ1v) is 5.53. The molecule has 0 aliphatic heterocycles. The van der Waals surface area contributed by atoms with Gasteiger partial charge in [-0.05, 0) is 19.1 Å². The smallest absolute Gasteiger partial charge is 0.114 e. The van der Waals surface area contributed by atoms with Gasteiger partial charge in [0.25, 0.3) is 0 Å². The van der Waals surface area contributed by atoms with Gasteiger partial charge in [0.05, 0.1) is 5.57 Å². The van der Waals surface area contributed by atoms with E-state index in [0.29, 0.717) is 5.57 Å². The number of hydrogen-bond acceptors (Lipinski definition) is 2. The standard InChI is InChI=1S/C13H11N3S/c1-8-11(6-9(7-14)13(15)17)10-4-2-3-5-12(10)16-8/h2-6,16H,1H3,(H2,15,17)/b9-6+. The average Bonchev–Trinajstić information content (AvgIpc) is 2.61. The Balaban J connectivity index is 2.68. The van der Waals surface area contributed by atoms with Crippen LogP contribution in [0.3, 0.4) is 0 Å². The molecule has 17 heavy (non-hydrogen) atoms. The van der Waals surface area contributed by atoms with E-state index in [1.54, 1.807) is 6.08 Å². The zero-order valence-electron chi connectivity index (χ0n) is 9.32. The lowest BCUT2D eigenvalue weighted by atomic mass is 10.1. The van der Waals surface area contributed by atoms with Crippen molar-refractivity contribution in [1.29, 1.82) is 5.26 Å². The summed E-state index contributed by atoms with van der Waals surface area (Å²) in [5.41, 5.74) is 8.81. The Bertz CT molecular complexity index is 659. The maximum absolute atomic E-state index is 8.96. The van der Waals surface area contributed by atoms with Crippen molar-refractivity contribution < 1.29 is 0 Å². The Morgan fingerprint density at radius 1 is 1.47 bits per heavy atom. The van der Waals surface area contributed by atoms with Gasteiger partial charge in [-0.1, -0.05) is 30.4 Å². The van der Waals surface area contributed by atoms with Crippen LogP contribution in [0.2, 0.25) is 0 Å². The summed E-state index contributed by atoms with van der Waals surface area (Å²) >= 11 is 4.83. The second-order valence-electron chi connectivity index (χ2n) is 3.74. The number of rotatable bonds is 2. The topological polar surface area (TPSA) is 65.6 Å². The zero-order valence-corrected chi connectivity index (χ0v) is 10.1. The van der Waals surface area contributed by atoms with Gasteiger partial charge < -0.3 is 10.7 Å². The van der Waals surface area contributed by atoms with Crippen LogP contribution in [-0.2, 0) is 0 Å². The molecule has 0 atom stereocenters. The van der Waals surface area contributed by atoms with E-state index in [9.17, 15) is 0 Å². The molecule has 0 radical (unpaired) electrons. The fourth-order valence-electron chi connectivity index (χ4n) is 1.79. The van der Waals surface area contributed by atoms with E-state index < -0.39 is 0 Å². The third-order valence-electron chi connectivity index (χ3n) is 2.62. The Labute approximate surface area is 105 Å². The van der Waals surface area contributed by atoms with Crippen LogP contribution in [0.4, 0.5) is 0 Å². The lowest BCUT2D eigenvalue weighted by molar-refractivity contribution is 1.29. The number of nitrogens with two attached hydrogens (primary N) is 1. The molecule has 2 rings (SSSR count). The Kier molecular flexibility index (Phi) is 2.94. The van der Waals surface area contributed by atoms with Crippen molar-refractivity contribution >= 4 is 34.2 Å². The summed E-state index contributed by atoms with van der Waals surface area (Å²) in [6, 6.07) is 9.93. The quantitative estimate of drug-likeness (QED) is 0.482. The van der Waals surface area contributed by atoms with Crippen LogP contribution < -0.4 is 5.73 Å². The van der Waals surface area contributed by atoms with Gasteiger partial charge in [-0.25, -0.2) is 0 Å². The largest absolute Gasteiger partial charge is 0.389 e. The summed E-state index contributed by atoms with van der Waals surface area (Å²) in [5.74, 6) is 0. The first-order chi connectivity index (χ1) is 8.13. The number of nitrogens with zero attached hydrogens (tertiary/aromatic N) is 1. The van der Waals surface area contributed by atoms with Gasteiger partial charge in [-0.15, -0.1) is 0 Å². The van der Waals surface area contributed by atoms with Crippen molar-refractivity contribution in [2.75, 3.05) is 0 Å². The number of para-hydroxylation sites is 1. The fraction of sp³-hybridized carbons (Fsp3) is 0.0769. The molecule has 0 amide bonds. The van der Waals surface area contributed by atoms with Crippen molar-refractivity contribution in [1.82, 2.24) is 4.98 Å². The second kappa shape index (κ2) is 4.40.